The number of carbonyl (C=O) groups excluding carboxylic acids is 1. The molecule has 0 spiro atoms. The van der Waals surface area contributed by atoms with Crippen LogP contribution in [0, 0.1) is 0 Å². The number of benzene rings is 2. The molecule has 1 atom stereocenters. The van der Waals surface area contributed by atoms with Crippen molar-refractivity contribution in [3.05, 3.63) is 71.3 Å². The van der Waals surface area contributed by atoms with E-state index >= 15 is 0 Å². The van der Waals surface area contributed by atoms with Crippen LogP contribution in [0.2, 0.25) is 0 Å². The van der Waals surface area contributed by atoms with Gasteiger partial charge in [0.25, 0.3) is 5.91 Å². The Balaban J connectivity index is 1.66. The van der Waals surface area contributed by atoms with Gasteiger partial charge in [0.1, 0.15) is 19.4 Å². The van der Waals surface area contributed by atoms with Gasteiger partial charge in [-0.1, -0.05) is 72.9 Å². The van der Waals surface area contributed by atoms with Crippen molar-refractivity contribution in [2.75, 3.05) is 13.7 Å². The first kappa shape index (κ1) is 25.1. The second-order valence-corrected chi connectivity index (χ2v) is 9.86. The number of halogens is 3. The summed E-state index contributed by atoms with van der Waals surface area (Å²) in [6.07, 6.45) is 0.616. The standard InChI is InChI=1S/C25H27F3N4O2S/c1-34-31-21(17-9-4-2-5-10-17)18-11-8-12-19(15-18)22-29-23(35-20-13-6-3-7-14-20)24(33)32(30-22)16-25(26,27)28/h2,4-5,8-12,15,20,23H,3,6-7,13-14,16H2,1H3,(H,29,30). The minimum atomic E-state index is -4.56. The monoisotopic (exact) mass is 504 g/mol. The molecule has 1 saturated carbocycles. The molecule has 1 aliphatic carbocycles. The number of alkyl halides is 3. The molecule has 4 rings (SSSR count). The number of nitrogens with one attached hydrogen (secondary N) is 1. The second-order valence-electron chi connectivity index (χ2n) is 8.45. The van der Waals surface area contributed by atoms with Gasteiger partial charge >= 0.3 is 6.18 Å². The molecule has 186 valence electrons. The van der Waals surface area contributed by atoms with E-state index in [-0.39, 0.29) is 11.1 Å². The molecule has 1 fully saturated rings. The maximum absolute atomic E-state index is 13.3. The van der Waals surface area contributed by atoms with Gasteiger partial charge in [0, 0.05) is 21.9 Å². The van der Waals surface area contributed by atoms with E-state index in [0.29, 0.717) is 21.8 Å². The van der Waals surface area contributed by atoms with E-state index in [4.69, 9.17) is 4.84 Å². The molecule has 1 amide bonds. The smallest absolute Gasteiger partial charge is 0.399 e. The van der Waals surface area contributed by atoms with Crippen LogP contribution in [-0.4, -0.2) is 52.9 Å². The van der Waals surface area contributed by atoms with Crippen molar-refractivity contribution >= 4 is 29.2 Å². The highest BCUT2D eigenvalue weighted by Crippen LogP contribution is 2.33. The lowest BCUT2D eigenvalue weighted by Crippen LogP contribution is -2.53. The van der Waals surface area contributed by atoms with Crippen LogP contribution in [-0.2, 0) is 9.63 Å². The zero-order valence-electron chi connectivity index (χ0n) is 19.3. The maximum atomic E-state index is 13.3. The number of carbonyl (C=O) groups is 1. The molecule has 1 heterocycles. The molecule has 2 aromatic rings. The molecule has 2 aliphatic rings. The van der Waals surface area contributed by atoms with Crippen LogP contribution >= 0.6 is 11.8 Å². The molecule has 6 nitrogen and oxygen atoms in total. The molecule has 1 unspecified atom stereocenters. The molecular formula is C25H27F3N4O2S. The Labute approximate surface area is 206 Å². The summed E-state index contributed by atoms with van der Waals surface area (Å²) >= 11 is 1.40. The maximum Gasteiger partial charge on any atom is 0.408 e. The summed E-state index contributed by atoms with van der Waals surface area (Å²) in [5.41, 5.74) is 2.65. The minimum absolute atomic E-state index is 0.217. The number of oxime groups is 1. The number of thioether (sulfide) groups is 1. The third kappa shape index (κ3) is 6.56. The van der Waals surface area contributed by atoms with Crippen molar-refractivity contribution in [3.8, 4) is 0 Å². The number of hydrogen-bond acceptors (Lipinski definition) is 6. The van der Waals surface area contributed by atoms with Crippen molar-refractivity contribution in [2.24, 2.45) is 10.3 Å². The highest BCUT2D eigenvalue weighted by Gasteiger charge is 2.40. The van der Waals surface area contributed by atoms with Gasteiger partial charge in [-0.25, -0.2) is 5.01 Å². The van der Waals surface area contributed by atoms with Crippen LogP contribution in [0.15, 0.2) is 64.9 Å². The van der Waals surface area contributed by atoms with Crippen LogP contribution in [0.4, 0.5) is 13.2 Å². The van der Waals surface area contributed by atoms with Crippen molar-refractivity contribution < 1.29 is 22.8 Å². The average Bonchev–Trinajstić information content (AvgIpc) is 2.85. The number of rotatable bonds is 7. The normalized spacial score (nSPS) is 19.8. The fourth-order valence-electron chi connectivity index (χ4n) is 4.20. The van der Waals surface area contributed by atoms with Crippen molar-refractivity contribution in [2.45, 2.75) is 48.9 Å². The summed E-state index contributed by atoms with van der Waals surface area (Å²) in [7, 11) is 1.45. The van der Waals surface area contributed by atoms with E-state index in [0.717, 1.165) is 37.7 Å². The molecular weight excluding hydrogens is 477 g/mol. The van der Waals surface area contributed by atoms with Crippen molar-refractivity contribution in [1.82, 2.24) is 10.3 Å². The van der Waals surface area contributed by atoms with Crippen LogP contribution < -0.4 is 5.32 Å². The fourth-order valence-corrected chi connectivity index (χ4v) is 5.61. The van der Waals surface area contributed by atoms with E-state index in [1.165, 1.54) is 18.9 Å². The van der Waals surface area contributed by atoms with Crippen molar-refractivity contribution in [3.63, 3.8) is 0 Å². The van der Waals surface area contributed by atoms with Crippen LogP contribution in [0.5, 0.6) is 0 Å². The predicted octanol–water partition coefficient (Wildman–Crippen LogP) is 5.13. The van der Waals surface area contributed by atoms with E-state index in [1.54, 1.807) is 18.2 Å². The summed E-state index contributed by atoms with van der Waals surface area (Å²) < 4.78 is 39.8. The van der Waals surface area contributed by atoms with Gasteiger partial charge in [0.2, 0.25) is 0 Å². The van der Waals surface area contributed by atoms with Crippen LogP contribution in [0.3, 0.4) is 0 Å². The topological polar surface area (TPSA) is 66.3 Å². The Bertz CT molecular complexity index is 1090. The predicted molar refractivity (Wildman–Crippen MR) is 131 cm³/mol. The zero-order valence-corrected chi connectivity index (χ0v) is 20.1. The second kappa shape index (κ2) is 11.2. The third-order valence-corrected chi connectivity index (χ3v) is 7.26. The first-order chi connectivity index (χ1) is 16.8. The Kier molecular flexibility index (Phi) is 8.00. The number of amides is 1. The van der Waals surface area contributed by atoms with E-state index in [2.05, 4.69) is 15.6 Å². The zero-order chi connectivity index (χ0) is 24.8. The van der Waals surface area contributed by atoms with Gasteiger partial charge < -0.3 is 10.2 Å². The molecule has 0 saturated heterocycles. The molecule has 35 heavy (non-hydrogen) atoms. The average molecular weight is 505 g/mol. The molecule has 0 radical (unpaired) electrons. The van der Waals surface area contributed by atoms with E-state index < -0.39 is 24.0 Å². The summed E-state index contributed by atoms with van der Waals surface area (Å²) in [4.78, 5) is 17.9. The third-order valence-electron chi connectivity index (χ3n) is 5.82. The Hall–Kier alpha value is -3.01. The summed E-state index contributed by atoms with van der Waals surface area (Å²) in [6, 6.07) is 16.6. The van der Waals surface area contributed by atoms with Crippen molar-refractivity contribution in [1.29, 1.82) is 0 Å². The summed E-state index contributed by atoms with van der Waals surface area (Å²) in [6.45, 7) is -1.43. The van der Waals surface area contributed by atoms with Gasteiger partial charge in [0.05, 0.1) is 0 Å². The van der Waals surface area contributed by atoms with Crippen LogP contribution in [0.1, 0.15) is 48.8 Å². The lowest BCUT2D eigenvalue weighted by Gasteiger charge is -2.33. The minimum Gasteiger partial charge on any atom is -0.399 e. The van der Waals surface area contributed by atoms with Crippen LogP contribution in [0.25, 0.3) is 0 Å². The summed E-state index contributed by atoms with van der Waals surface area (Å²) in [5, 5.41) is 11.3. The number of hydrogen-bond donors (Lipinski definition) is 1. The van der Waals surface area contributed by atoms with Gasteiger partial charge in [-0.3, -0.25) is 4.79 Å². The molecule has 0 aromatic heterocycles. The Morgan fingerprint density at radius 2 is 1.83 bits per heavy atom. The molecule has 2 aromatic carbocycles. The fraction of sp³-hybridized carbons (Fsp3) is 0.400. The van der Waals surface area contributed by atoms with Gasteiger partial charge in [-0.15, -0.1) is 11.8 Å². The molecule has 0 bridgehead atoms. The Morgan fingerprint density at radius 1 is 1.11 bits per heavy atom. The van der Waals surface area contributed by atoms with Gasteiger partial charge in [-0.05, 0) is 18.9 Å². The molecule has 1 aliphatic heterocycles. The number of nitrogens with zero attached hydrogens (tertiary/aromatic N) is 3. The highest BCUT2D eigenvalue weighted by atomic mass is 32.2. The van der Waals surface area contributed by atoms with E-state index in [9.17, 15) is 18.0 Å². The first-order valence-corrected chi connectivity index (χ1v) is 12.4. The first-order valence-electron chi connectivity index (χ1n) is 11.5. The van der Waals surface area contributed by atoms with E-state index in [1.807, 2.05) is 36.4 Å². The number of hydrazone groups is 1. The SMILES string of the molecule is CON=C(c1ccccc1)c1cccc(C2=NN(CC(F)(F)F)C(=O)C(SC3CCCCC3)N2)c1. The largest absolute Gasteiger partial charge is 0.408 e. The van der Waals surface area contributed by atoms with Gasteiger partial charge in [0.15, 0.2) is 11.2 Å². The highest BCUT2D eigenvalue weighted by molar-refractivity contribution is 8.01. The lowest BCUT2D eigenvalue weighted by atomic mass is 10.00. The Morgan fingerprint density at radius 3 is 2.51 bits per heavy atom. The number of amidine groups is 1. The van der Waals surface area contributed by atoms with Gasteiger partial charge in [-0.2, -0.15) is 18.3 Å². The molecule has 1 N–H and O–H groups in total. The summed E-state index contributed by atoms with van der Waals surface area (Å²) in [5.74, 6) is -0.461. The lowest BCUT2D eigenvalue weighted by molar-refractivity contribution is -0.161. The quantitative estimate of drug-likeness (QED) is 0.419. The molecule has 10 heteroatoms.